The van der Waals surface area contributed by atoms with E-state index in [1.54, 1.807) is 0 Å². The molecule has 0 radical (unpaired) electrons. The summed E-state index contributed by atoms with van der Waals surface area (Å²) in [5.74, 6) is 0. The zero-order chi connectivity index (χ0) is 12.5. The van der Waals surface area contributed by atoms with Crippen molar-refractivity contribution in [2.75, 3.05) is 24.7 Å². The Hall–Kier alpha value is -0.770. The molecule has 4 heteroatoms. The zero-order valence-electron chi connectivity index (χ0n) is 10.2. The van der Waals surface area contributed by atoms with Crippen LogP contribution in [0.4, 0.5) is 5.69 Å². The number of anilines is 1. The average Bonchev–Trinajstić information content (AvgIpc) is 2.28. The molecule has 2 rings (SSSR count). The molecule has 1 aliphatic rings. The second-order valence-electron chi connectivity index (χ2n) is 4.95. The van der Waals surface area contributed by atoms with Crippen molar-refractivity contribution in [1.82, 2.24) is 0 Å². The Morgan fingerprint density at radius 3 is 2.82 bits per heavy atom. The predicted molar refractivity (Wildman–Crippen MR) is 69.6 cm³/mol. The molecule has 0 amide bonds. The number of ether oxygens (including phenoxy) is 1. The molecule has 1 heterocycles. The molecule has 0 saturated carbocycles. The normalized spacial score (nSPS) is 19.4. The van der Waals surface area contributed by atoms with E-state index in [-0.39, 0.29) is 12.1 Å². The Labute approximate surface area is 107 Å². The van der Waals surface area contributed by atoms with Crippen molar-refractivity contribution in [2.24, 2.45) is 0 Å². The van der Waals surface area contributed by atoms with Crippen LogP contribution in [0.3, 0.4) is 0 Å². The van der Waals surface area contributed by atoms with Gasteiger partial charge in [-0.05, 0) is 31.5 Å². The lowest BCUT2D eigenvalue weighted by Crippen LogP contribution is -2.53. The van der Waals surface area contributed by atoms with Gasteiger partial charge in [-0.15, -0.1) is 0 Å². The van der Waals surface area contributed by atoms with Crippen LogP contribution < -0.4 is 4.90 Å². The number of halogens is 1. The minimum atomic E-state index is -0.0255. The van der Waals surface area contributed by atoms with E-state index in [9.17, 15) is 0 Å². The number of hydrogen-bond donors (Lipinski definition) is 1. The topological polar surface area (TPSA) is 32.7 Å². The Kier molecular flexibility index (Phi) is 3.61. The third kappa shape index (κ3) is 2.57. The molecular weight excluding hydrogens is 238 g/mol. The fraction of sp³-hybridized carbons (Fsp3) is 0.538. The minimum Gasteiger partial charge on any atom is -0.392 e. The smallest absolute Gasteiger partial charge is 0.0696 e. The Morgan fingerprint density at radius 2 is 2.24 bits per heavy atom. The Morgan fingerprint density at radius 1 is 1.47 bits per heavy atom. The van der Waals surface area contributed by atoms with Crippen molar-refractivity contribution in [2.45, 2.75) is 26.0 Å². The molecule has 0 aromatic heterocycles. The highest BCUT2D eigenvalue weighted by atomic mass is 35.5. The SMILES string of the molecule is CC1(C)COCCN1c1ccc(CO)c(Cl)c1. The number of benzene rings is 1. The van der Waals surface area contributed by atoms with Crippen molar-refractivity contribution in [3.63, 3.8) is 0 Å². The van der Waals surface area contributed by atoms with Gasteiger partial charge in [0.15, 0.2) is 0 Å². The highest BCUT2D eigenvalue weighted by Gasteiger charge is 2.30. The van der Waals surface area contributed by atoms with Gasteiger partial charge >= 0.3 is 0 Å². The summed E-state index contributed by atoms with van der Waals surface area (Å²) in [5, 5.41) is 9.72. The minimum absolute atomic E-state index is 0.0222. The molecule has 0 atom stereocenters. The number of nitrogens with zero attached hydrogens (tertiary/aromatic N) is 1. The first-order valence-electron chi connectivity index (χ1n) is 5.79. The third-order valence-corrected chi connectivity index (χ3v) is 3.52. The molecule has 1 aromatic rings. The molecular formula is C13H18ClNO2. The Balaban J connectivity index is 2.30. The standard InChI is InChI=1S/C13H18ClNO2/c1-13(2)9-17-6-5-15(13)11-4-3-10(8-16)12(14)7-11/h3-4,7,16H,5-6,8-9H2,1-2H3. The van der Waals surface area contributed by atoms with E-state index in [4.69, 9.17) is 21.4 Å². The van der Waals surface area contributed by atoms with Crippen LogP contribution in [0.5, 0.6) is 0 Å². The van der Waals surface area contributed by atoms with Gasteiger partial charge in [0.25, 0.3) is 0 Å². The van der Waals surface area contributed by atoms with Crippen LogP contribution in [0, 0.1) is 0 Å². The van der Waals surface area contributed by atoms with Gasteiger partial charge in [-0.1, -0.05) is 17.7 Å². The number of aliphatic hydroxyl groups excluding tert-OH is 1. The van der Waals surface area contributed by atoms with Crippen molar-refractivity contribution < 1.29 is 9.84 Å². The van der Waals surface area contributed by atoms with Crippen LogP contribution in [0.1, 0.15) is 19.4 Å². The van der Waals surface area contributed by atoms with Crippen LogP contribution in [-0.2, 0) is 11.3 Å². The molecule has 94 valence electrons. The van der Waals surface area contributed by atoms with E-state index in [0.29, 0.717) is 11.6 Å². The number of morpholine rings is 1. The van der Waals surface area contributed by atoms with Gasteiger partial charge in [0.1, 0.15) is 0 Å². The number of aliphatic hydroxyl groups is 1. The Bertz CT molecular complexity index is 406. The molecule has 1 aliphatic heterocycles. The fourth-order valence-corrected chi connectivity index (χ4v) is 2.40. The van der Waals surface area contributed by atoms with Gasteiger partial charge in [-0.2, -0.15) is 0 Å². The quantitative estimate of drug-likeness (QED) is 0.881. The summed E-state index contributed by atoms with van der Waals surface area (Å²) in [6, 6.07) is 5.80. The van der Waals surface area contributed by atoms with Gasteiger partial charge in [-0.3, -0.25) is 0 Å². The predicted octanol–water partition coefficient (Wildman–Crippen LogP) is 2.45. The third-order valence-electron chi connectivity index (χ3n) is 3.16. The van der Waals surface area contributed by atoms with Crippen molar-refractivity contribution >= 4 is 17.3 Å². The van der Waals surface area contributed by atoms with E-state index in [1.165, 1.54) is 0 Å². The summed E-state index contributed by atoms with van der Waals surface area (Å²) in [4.78, 5) is 2.30. The first-order valence-corrected chi connectivity index (χ1v) is 6.17. The van der Waals surface area contributed by atoms with Crippen molar-refractivity contribution in [1.29, 1.82) is 0 Å². The molecule has 0 bridgehead atoms. The first-order chi connectivity index (χ1) is 8.04. The van der Waals surface area contributed by atoms with Crippen LogP contribution in [0.15, 0.2) is 18.2 Å². The van der Waals surface area contributed by atoms with E-state index in [2.05, 4.69) is 18.7 Å². The molecule has 1 fully saturated rings. The lowest BCUT2D eigenvalue weighted by atomic mass is 10.0. The van der Waals surface area contributed by atoms with Crippen LogP contribution in [0.2, 0.25) is 5.02 Å². The monoisotopic (exact) mass is 255 g/mol. The molecule has 0 unspecified atom stereocenters. The highest BCUT2D eigenvalue weighted by molar-refractivity contribution is 6.31. The molecule has 1 N–H and O–H groups in total. The summed E-state index contributed by atoms with van der Waals surface area (Å²) >= 11 is 6.12. The maximum atomic E-state index is 9.10. The van der Waals surface area contributed by atoms with E-state index in [1.807, 2.05) is 18.2 Å². The lowest BCUT2D eigenvalue weighted by molar-refractivity contribution is 0.0644. The lowest BCUT2D eigenvalue weighted by Gasteiger charge is -2.44. The van der Waals surface area contributed by atoms with E-state index in [0.717, 1.165) is 24.4 Å². The van der Waals surface area contributed by atoms with Gasteiger partial charge in [-0.25, -0.2) is 0 Å². The maximum absolute atomic E-state index is 9.10. The molecule has 0 spiro atoms. The van der Waals surface area contributed by atoms with Crippen LogP contribution >= 0.6 is 11.6 Å². The summed E-state index contributed by atoms with van der Waals surface area (Å²) < 4.78 is 5.50. The number of rotatable bonds is 2. The van der Waals surface area contributed by atoms with E-state index >= 15 is 0 Å². The van der Waals surface area contributed by atoms with Crippen LogP contribution in [-0.4, -0.2) is 30.4 Å². The summed E-state index contributed by atoms with van der Waals surface area (Å²) in [5.41, 5.74) is 1.82. The van der Waals surface area contributed by atoms with Gasteiger partial charge in [0.2, 0.25) is 0 Å². The highest BCUT2D eigenvalue weighted by Crippen LogP contribution is 2.30. The summed E-state index contributed by atoms with van der Waals surface area (Å²) in [7, 11) is 0. The molecule has 1 saturated heterocycles. The fourth-order valence-electron chi connectivity index (χ4n) is 2.17. The molecule has 0 aliphatic carbocycles. The largest absolute Gasteiger partial charge is 0.392 e. The van der Waals surface area contributed by atoms with Crippen molar-refractivity contribution in [3.8, 4) is 0 Å². The van der Waals surface area contributed by atoms with Gasteiger partial charge < -0.3 is 14.7 Å². The zero-order valence-corrected chi connectivity index (χ0v) is 11.0. The van der Waals surface area contributed by atoms with E-state index < -0.39 is 0 Å². The van der Waals surface area contributed by atoms with Crippen molar-refractivity contribution in [3.05, 3.63) is 28.8 Å². The molecule has 3 nitrogen and oxygen atoms in total. The second kappa shape index (κ2) is 4.84. The number of hydrogen-bond acceptors (Lipinski definition) is 3. The second-order valence-corrected chi connectivity index (χ2v) is 5.36. The maximum Gasteiger partial charge on any atom is 0.0696 e. The summed E-state index contributed by atoms with van der Waals surface area (Å²) in [6.45, 7) is 6.60. The van der Waals surface area contributed by atoms with Gasteiger partial charge in [0, 0.05) is 17.3 Å². The van der Waals surface area contributed by atoms with Gasteiger partial charge in [0.05, 0.1) is 25.4 Å². The van der Waals surface area contributed by atoms with Crippen LogP contribution in [0.25, 0.3) is 0 Å². The summed E-state index contributed by atoms with van der Waals surface area (Å²) in [6.07, 6.45) is 0. The average molecular weight is 256 g/mol. The molecule has 1 aromatic carbocycles. The molecule has 17 heavy (non-hydrogen) atoms. The first kappa shape index (κ1) is 12.7.